The Bertz CT molecular complexity index is 1410. The first-order chi connectivity index (χ1) is 17.1. The Morgan fingerprint density at radius 1 is 1.26 bits per heavy atom. The Balaban J connectivity index is 1.39. The molecule has 1 saturated carbocycles. The van der Waals surface area contributed by atoms with E-state index in [-0.39, 0.29) is 12.1 Å². The van der Waals surface area contributed by atoms with Crippen molar-refractivity contribution >= 4 is 34.6 Å². The number of carbonyl (C=O) groups is 1. The number of anilines is 3. The molecule has 1 aliphatic rings. The average molecular weight is 474 g/mol. The number of hydrogen-bond donors (Lipinski definition) is 3. The zero-order chi connectivity index (χ0) is 24.2. The third kappa shape index (κ3) is 4.68. The van der Waals surface area contributed by atoms with E-state index in [1.807, 2.05) is 24.3 Å². The van der Waals surface area contributed by atoms with Crippen LogP contribution in [0.25, 0.3) is 33.0 Å². The fraction of sp³-hybridized carbons (Fsp3) is 0.333. The minimum atomic E-state index is -0.256. The summed E-state index contributed by atoms with van der Waals surface area (Å²) in [5.74, 6) is 1.35. The summed E-state index contributed by atoms with van der Waals surface area (Å²) < 4.78 is 3.03. The van der Waals surface area contributed by atoms with Crippen molar-refractivity contribution in [3.63, 3.8) is 0 Å². The predicted molar refractivity (Wildman–Crippen MR) is 129 cm³/mol. The molecule has 0 aliphatic heterocycles. The van der Waals surface area contributed by atoms with E-state index in [4.69, 9.17) is 5.53 Å². The molecule has 178 valence electrons. The van der Waals surface area contributed by atoms with E-state index in [9.17, 15) is 4.79 Å². The second-order valence-electron chi connectivity index (χ2n) is 8.00. The molecule has 1 aliphatic carbocycles. The van der Waals surface area contributed by atoms with Crippen LogP contribution in [0, 0.1) is 0 Å². The lowest BCUT2D eigenvalue weighted by molar-refractivity contribution is 0.230. The van der Waals surface area contributed by atoms with Crippen LogP contribution in [0.3, 0.4) is 0 Å². The van der Waals surface area contributed by atoms with E-state index in [0.717, 1.165) is 30.5 Å². The summed E-state index contributed by atoms with van der Waals surface area (Å²) >= 11 is 0. The summed E-state index contributed by atoms with van der Waals surface area (Å²) in [7, 11) is 1.74. The highest BCUT2D eigenvalue weighted by atomic mass is 16.2. The summed E-state index contributed by atoms with van der Waals surface area (Å²) in [5, 5.41) is 17.2. The SMILES string of the molecule is CNc1nc(Nc2cccc(-c3ncn(CCN=[N+]=[N-])n3)c2)nc2c1ncn2C(=O)NC1CCC1. The minimum absolute atomic E-state index is 0.196. The molecular weight excluding hydrogens is 450 g/mol. The van der Waals surface area contributed by atoms with Crippen LogP contribution in [0.1, 0.15) is 19.3 Å². The first kappa shape index (κ1) is 22.1. The van der Waals surface area contributed by atoms with E-state index in [2.05, 4.69) is 51.0 Å². The van der Waals surface area contributed by atoms with Gasteiger partial charge in [0.2, 0.25) is 5.95 Å². The Morgan fingerprint density at radius 2 is 2.14 bits per heavy atom. The maximum Gasteiger partial charge on any atom is 0.328 e. The van der Waals surface area contributed by atoms with Gasteiger partial charge in [-0.05, 0) is 36.9 Å². The third-order valence-electron chi connectivity index (χ3n) is 5.69. The Morgan fingerprint density at radius 3 is 2.91 bits per heavy atom. The van der Waals surface area contributed by atoms with Crippen molar-refractivity contribution in [2.45, 2.75) is 31.8 Å². The zero-order valence-electron chi connectivity index (χ0n) is 19.0. The fourth-order valence-electron chi connectivity index (χ4n) is 3.67. The molecule has 1 fully saturated rings. The van der Waals surface area contributed by atoms with E-state index in [1.54, 1.807) is 18.1 Å². The molecule has 0 bridgehead atoms. The number of amides is 1. The average Bonchev–Trinajstić information content (AvgIpc) is 3.49. The topological polar surface area (TPSA) is 176 Å². The number of nitrogens with one attached hydrogen (secondary N) is 3. The maximum atomic E-state index is 12.8. The lowest BCUT2D eigenvalue weighted by Gasteiger charge is -2.26. The highest BCUT2D eigenvalue weighted by molar-refractivity contribution is 5.92. The molecule has 35 heavy (non-hydrogen) atoms. The molecular formula is C21H23N13O. The van der Waals surface area contributed by atoms with Crippen LogP contribution in [-0.2, 0) is 6.54 Å². The number of azide groups is 1. The van der Waals surface area contributed by atoms with Gasteiger partial charge in [0.25, 0.3) is 0 Å². The molecule has 14 heteroatoms. The molecule has 1 amide bonds. The number of fused-ring (bicyclic) bond motifs is 1. The van der Waals surface area contributed by atoms with Crippen molar-refractivity contribution in [2.75, 3.05) is 24.2 Å². The highest BCUT2D eigenvalue weighted by Gasteiger charge is 2.22. The Labute approximate surface area is 199 Å². The standard InChI is InChI=1S/C21H23N13O/c1-23-18-16-19(34(12-24-16)21(35)28-14-5-3-6-14)30-20(29-18)27-15-7-2-4-13(10-15)17-25-11-33(31-17)9-8-26-32-22/h2,4,7,10-12,14H,3,5-6,8-9H2,1H3,(H,28,35)(H2,23,27,29,30). The lowest BCUT2D eigenvalue weighted by Crippen LogP contribution is -2.41. The van der Waals surface area contributed by atoms with E-state index < -0.39 is 0 Å². The molecule has 1 aromatic carbocycles. The summed E-state index contributed by atoms with van der Waals surface area (Å²) in [6, 6.07) is 7.44. The van der Waals surface area contributed by atoms with Crippen LogP contribution in [-0.4, -0.2) is 59.9 Å². The fourth-order valence-corrected chi connectivity index (χ4v) is 3.67. The molecule has 3 heterocycles. The van der Waals surface area contributed by atoms with Crippen LogP contribution in [0.2, 0.25) is 0 Å². The number of carbonyl (C=O) groups excluding carboxylic acids is 1. The van der Waals surface area contributed by atoms with Crippen LogP contribution in [0.5, 0.6) is 0 Å². The van der Waals surface area contributed by atoms with Crippen molar-refractivity contribution in [1.29, 1.82) is 0 Å². The monoisotopic (exact) mass is 473 g/mol. The molecule has 14 nitrogen and oxygen atoms in total. The van der Waals surface area contributed by atoms with Gasteiger partial charge in [-0.3, -0.25) is 4.68 Å². The molecule has 5 rings (SSSR count). The normalized spacial score (nSPS) is 13.2. The highest BCUT2D eigenvalue weighted by Crippen LogP contribution is 2.25. The zero-order valence-corrected chi connectivity index (χ0v) is 19.0. The van der Waals surface area contributed by atoms with Gasteiger partial charge in [0.1, 0.15) is 12.7 Å². The molecule has 0 unspecified atom stereocenters. The van der Waals surface area contributed by atoms with Crippen molar-refractivity contribution in [1.82, 2.24) is 39.6 Å². The van der Waals surface area contributed by atoms with E-state index in [0.29, 0.717) is 41.8 Å². The summed E-state index contributed by atoms with van der Waals surface area (Å²) in [6.45, 7) is 0.738. The number of rotatable bonds is 8. The molecule has 0 saturated heterocycles. The summed E-state index contributed by atoms with van der Waals surface area (Å²) in [6.07, 6.45) is 6.15. The number of benzene rings is 1. The number of imidazole rings is 1. The number of nitrogens with zero attached hydrogens (tertiary/aromatic N) is 10. The van der Waals surface area contributed by atoms with Gasteiger partial charge in [-0.25, -0.2) is 19.3 Å². The maximum absolute atomic E-state index is 12.8. The van der Waals surface area contributed by atoms with Crippen molar-refractivity contribution in [3.8, 4) is 11.4 Å². The molecule has 0 radical (unpaired) electrons. The molecule has 0 spiro atoms. The van der Waals surface area contributed by atoms with E-state index in [1.165, 1.54) is 10.9 Å². The second kappa shape index (κ2) is 9.65. The summed E-state index contributed by atoms with van der Waals surface area (Å²) in [5.41, 5.74) is 10.8. The molecule has 0 atom stereocenters. The van der Waals surface area contributed by atoms with Gasteiger partial charge in [-0.15, -0.1) is 0 Å². The number of hydrogen-bond acceptors (Lipinski definition) is 9. The predicted octanol–water partition coefficient (Wildman–Crippen LogP) is 3.29. The van der Waals surface area contributed by atoms with E-state index >= 15 is 0 Å². The molecule has 3 N–H and O–H groups in total. The van der Waals surface area contributed by atoms with Gasteiger partial charge in [0.15, 0.2) is 22.8 Å². The molecule has 4 aromatic rings. The third-order valence-corrected chi connectivity index (χ3v) is 5.69. The van der Waals surface area contributed by atoms with Crippen LogP contribution >= 0.6 is 0 Å². The first-order valence-electron chi connectivity index (χ1n) is 11.2. The summed E-state index contributed by atoms with van der Waals surface area (Å²) in [4.78, 5) is 33.2. The van der Waals surface area contributed by atoms with Crippen molar-refractivity contribution in [2.24, 2.45) is 5.11 Å². The first-order valence-corrected chi connectivity index (χ1v) is 11.2. The van der Waals surface area contributed by atoms with Gasteiger partial charge >= 0.3 is 6.03 Å². The van der Waals surface area contributed by atoms with Crippen LogP contribution in [0.4, 0.5) is 22.2 Å². The molecule has 3 aromatic heterocycles. The second-order valence-corrected chi connectivity index (χ2v) is 8.00. The smallest absolute Gasteiger partial charge is 0.328 e. The van der Waals surface area contributed by atoms with Crippen molar-refractivity contribution in [3.05, 3.63) is 47.4 Å². The number of aromatic nitrogens is 7. The Kier molecular flexibility index (Phi) is 6.09. The van der Waals surface area contributed by atoms with Crippen LogP contribution < -0.4 is 16.0 Å². The van der Waals surface area contributed by atoms with Crippen molar-refractivity contribution < 1.29 is 4.79 Å². The quantitative estimate of drug-likeness (QED) is 0.198. The largest absolute Gasteiger partial charge is 0.371 e. The van der Waals surface area contributed by atoms with Gasteiger partial charge in [0, 0.05) is 42.3 Å². The Hall–Kier alpha value is -4.71. The van der Waals surface area contributed by atoms with Crippen LogP contribution in [0.15, 0.2) is 42.0 Å². The van der Waals surface area contributed by atoms with Gasteiger partial charge in [-0.1, -0.05) is 17.2 Å². The minimum Gasteiger partial charge on any atom is -0.371 e. The van der Waals surface area contributed by atoms with Gasteiger partial charge < -0.3 is 16.0 Å². The van der Waals surface area contributed by atoms with Gasteiger partial charge in [-0.2, -0.15) is 15.1 Å². The van der Waals surface area contributed by atoms with Gasteiger partial charge in [0.05, 0.1) is 0 Å². The lowest BCUT2D eigenvalue weighted by atomic mass is 9.93.